The van der Waals surface area contributed by atoms with Crippen molar-refractivity contribution in [3.8, 4) is 0 Å². The Labute approximate surface area is 181 Å². The van der Waals surface area contributed by atoms with Gasteiger partial charge in [-0.15, -0.1) is 0 Å². The summed E-state index contributed by atoms with van der Waals surface area (Å²) in [5, 5.41) is 0. The number of para-hydroxylation sites is 2. The van der Waals surface area contributed by atoms with Gasteiger partial charge in [0.1, 0.15) is 0 Å². The zero-order valence-corrected chi connectivity index (χ0v) is 17.4. The molecule has 10 heteroatoms. The molecule has 3 aromatic carbocycles. The highest BCUT2D eigenvalue weighted by Gasteiger charge is 2.16. The third-order valence-electron chi connectivity index (χ3n) is 5.06. The van der Waals surface area contributed by atoms with Crippen LogP contribution >= 0.6 is 0 Å². The van der Waals surface area contributed by atoms with Crippen molar-refractivity contribution < 1.29 is 8.42 Å². The van der Waals surface area contributed by atoms with Crippen molar-refractivity contribution in [2.45, 2.75) is 11.4 Å². The van der Waals surface area contributed by atoms with E-state index in [1.807, 2.05) is 34.9 Å². The van der Waals surface area contributed by atoms with E-state index in [1.54, 1.807) is 24.5 Å². The molecular formula is C22H17N5O4S. The number of aromatic nitrogens is 4. The molecule has 0 radical (unpaired) electrons. The number of nitrogens with one attached hydrogen (secondary N) is 3. The van der Waals surface area contributed by atoms with Gasteiger partial charge in [-0.25, -0.2) is 13.4 Å². The van der Waals surface area contributed by atoms with Crippen LogP contribution in [0.4, 0.5) is 5.69 Å². The topological polar surface area (TPSA) is 130 Å². The van der Waals surface area contributed by atoms with Gasteiger partial charge in [0.15, 0.2) is 0 Å². The normalized spacial score (nSPS) is 11.8. The van der Waals surface area contributed by atoms with Gasteiger partial charge >= 0.3 is 11.1 Å². The lowest BCUT2D eigenvalue weighted by Crippen LogP contribution is -2.29. The van der Waals surface area contributed by atoms with Crippen molar-refractivity contribution in [2.24, 2.45) is 0 Å². The van der Waals surface area contributed by atoms with E-state index in [1.165, 1.54) is 18.2 Å². The van der Waals surface area contributed by atoms with E-state index >= 15 is 0 Å². The Morgan fingerprint density at radius 3 is 2.50 bits per heavy atom. The lowest BCUT2D eigenvalue weighted by Gasteiger charge is -2.11. The van der Waals surface area contributed by atoms with Gasteiger partial charge in [-0.05, 0) is 48.0 Å². The Morgan fingerprint density at radius 1 is 0.875 bits per heavy atom. The number of benzene rings is 3. The number of hydrogen-bond acceptors (Lipinski definition) is 5. The molecule has 0 unspecified atom stereocenters. The summed E-state index contributed by atoms with van der Waals surface area (Å²) in [6, 6.07) is 19.0. The van der Waals surface area contributed by atoms with Gasteiger partial charge in [-0.3, -0.25) is 14.3 Å². The molecule has 0 bridgehead atoms. The molecule has 160 valence electrons. The Morgan fingerprint density at radius 2 is 1.66 bits per heavy atom. The van der Waals surface area contributed by atoms with Gasteiger partial charge in [-0.2, -0.15) is 0 Å². The van der Waals surface area contributed by atoms with Crippen LogP contribution in [0.25, 0.3) is 22.1 Å². The van der Waals surface area contributed by atoms with E-state index < -0.39 is 21.1 Å². The highest BCUT2D eigenvalue weighted by atomic mass is 32.2. The minimum absolute atomic E-state index is 0.0429. The molecule has 9 nitrogen and oxygen atoms in total. The average Bonchev–Trinajstić information content (AvgIpc) is 3.17. The quantitative estimate of drug-likeness (QED) is 0.356. The minimum Gasteiger partial charge on any atom is -0.326 e. The molecule has 32 heavy (non-hydrogen) atoms. The Hall–Kier alpha value is -4.18. The maximum absolute atomic E-state index is 12.9. The van der Waals surface area contributed by atoms with Crippen LogP contribution in [0.3, 0.4) is 0 Å². The second-order valence-electron chi connectivity index (χ2n) is 7.28. The van der Waals surface area contributed by atoms with Crippen LogP contribution < -0.4 is 15.8 Å². The van der Waals surface area contributed by atoms with Crippen molar-refractivity contribution in [3.05, 3.63) is 99.3 Å². The molecule has 0 aliphatic carbocycles. The maximum Gasteiger partial charge on any atom is 0.314 e. The van der Waals surface area contributed by atoms with Gasteiger partial charge in [0.25, 0.3) is 10.0 Å². The average molecular weight is 447 g/mol. The molecule has 2 aromatic heterocycles. The first-order chi connectivity index (χ1) is 15.4. The van der Waals surface area contributed by atoms with E-state index in [0.29, 0.717) is 17.7 Å². The van der Waals surface area contributed by atoms with Gasteiger partial charge in [0.05, 0.1) is 33.3 Å². The van der Waals surface area contributed by atoms with E-state index in [4.69, 9.17) is 0 Å². The molecule has 0 saturated carbocycles. The number of imidazole rings is 1. The zero-order valence-electron chi connectivity index (χ0n) is 16.6. The van der Waals surface area contributed by atoms with Gasteiger partial charge in [0.2, 0.25) is 0 Å². The molecule has 0 aliphatic rings. The van der Waals surface area contributed by atoms with Crippen LogP contribution in [-0.4, -0.2) is 27.9 Å². The standard InChI is InChI=1S/C22H17N5O4S/c28-21-22(29)25-19-11-16(8-9-17(19)24-21)32(30,31)26-15-5-3-4-14(10-15)12-27-13-23-18-6-1-2-7-20(18)27/h1-11,13,26H,12H2,(H,24,28)(H,25,29). The summed E-state index contributed by atoms with van der Waals surface area (Å²) in [6.07, 6.45) is 1.75. The number of fused-ring (bicyclic) bond motifs is 2. The number of sulfonamides is 1. The second-order valence-corrected chi connectivity index (χ2v) is 8.97. The molecule has 0 spiro atoms. The number of hydrogen-bond donors (Lipinski definition) is 3. The van der Waals surface area contributed by atoms with E-state index in [-0.39, 0.29) is 10.4 Å². The Balaban J connectivity index is 1.43. The minimum atomic E-state index is -3.92. The lowest BCUT2D eigenvalue weighted by atomic mass is 10.2. The summed E-state index contributed by atoms with van der Waals surface area (Å²) in [5.74, 6) is 0. The largest absolute Gasteiger partial charge is 0.326 e. The van der Waals surface area contributed by atoms with E-state index in [9.17, 15) is 18.0 Å². The van der Waals surface area contributed by atoms with Crippen LogP contribution in [-0.2, 0) is 16.6 Å². The van der Waals surface area contributed by atoms with Crippen LogP contribution in [0.2, 0.25) is 0 Å². The fraction of sp³-hybridized carbons (Fsp3) is 0.0455. The molecular weight excluding hydrogens is 430 g/mol. The summed E-state index contributed by atoms with van der Waals surface area (Å²) in [4.78, 5) is 32.1. The second kappa shape index (κ2) is 7.50. The predicted molar refractivity (Wildman–Crippen MR) is 121 cm³/mol. The zero-order chi connectivity index (χ0) is 22.3. The lowest BCUT2D eigenvalue weighted by molar-refractivity contribution is 0.601. The molecule has 0 fully saturated rings. The number of anilines is 1. The molecule has 0 aliphatic heterocycles. The van der Waals surface area contributed by atoms with Gasteiger partial charge in [0, 0.05) is 12.2 Å². The summed E-state index contributed by atoms with van der Waals surface area (Å²) >= 11 is 0. The highest BCUT2D eigenvalue weighted by molar-refractivity contribution is 7.92. The first-order valence-electron chi connectivity index (χ1n) is 9.67. The van der Waals surface area contributed by atoms with E-state index in [2.05, 4.69) is 19.7 Å². The summed E-state index contributed by atoms with van der Waals surface area (Å²) in [7, 11) is -3.92. The first-order valence-corrected chi connectivity index (χ1v) is 11.2. The number of H-pyrrole nitrogens is 2. The molecule has 3 N–H and O–H groups in total. The van der Waals surface area contributed by atoms with Crippen molar-refractivity contribution >= 4 is 37.8 Å². The highest BCUT2D eigenvalue weighted by Crippen LogP contribution is 2.21. The van der Waals surface area contributed by atoms with Crippen molar-refractivity contribution in [1.82, 2.24) is 19.5 Å². The molecule has 5 aromatic rings. The van der Waals surface area contributed by atoms with Crippen LogP contribution in [0, 0.1) is 0 Å². The number of aromatic amines is 2. The fourth-order valence-electron chi connectivity index (χ4n) is 3.54. The van der Waals surface area contributed by atoms with Crippen molar-refractivity contribution in [2.75, 3.05) is 4.72 Å². The van der Waals surface area contributed by atoms with Crippen molar-refractivity contribution in [1.29, 1.82) is 0 Å². The third kappa shape index (κ3) is 3.67. The molecule has 5 rings (SSSR count). The van der Waals surface area contributed by atoms with E-state index in [0.717, 1.165) is 16.6 Å². The van der Waals surface area contributed by atoms with Gasteiger partial charge < -0.3 is 14.5 Å². The van der Waals surface area contributed by atoms with Crippen LogP contribution in [0.15, 0.2) is 87.5 Å². The number of nitrogens with zero attached hydrogens (tertiary/aromatic N) is 2. The van der Waals surface area contributed by atoms with Crippen molar-refractivity contribution in [3.63, 3.8) is 0 Å². The third-order valence-corrected chi connectivity index (χ3v) is 6.44. The van der Waals surface area contributed by atoms with Crippen LogP contribution in [0.1, 0.15) is 5.56 Å². The molecule has 0 atom stereocenters. The van der Waals surface area contributed by atoms with Crippen LogP contribution in [0.5, 0.6) is 0 Å². The monoisotopic (exact) mass is 447 g/mol. The molecule has 0 amide bonds. The Bertz CT molecular complexity index is 1700. The Kier molecular flexibility index (Phi) is 4.63. The maximum atomic E-state index is 12.9. The van der Waals surface area contributed by atoms with Gasteiger partial charge in [-0.1, -0.05) is 24.3 Å². The predicted octanol–water partition coefficient (Wildman–Crippen LogP) is 2.42. The summed E-state index contributed by atoms with van der Waals surface area (Å²) < 4.78 is 30.4. The smallest absolute Gasteiger partial charge is 0.314 e. The first kappa shape index (κ1) is 19.8. The molecule has 0 saturated heterocycles. The summed E-state index contributed by atoms with van der Waals surface area (Å²) in [5.41, 5.74) is 2.09. The fourth-order valence-corrected chi connectivity index (χ4v) is 4.62. The number of rotatable bonds is 5. The summed E-state index contributed by atoms with van der Waals surface area (Å²) in [6.45, 7) is 0.528. The molecule has 2 heterocycles. The SMILES string of the molecule is O=c1[nH]c2ccc(S(=O)(=O)Nc3cccc(Cn4cnc5ccccc54)c3)cc2[nH]c1=O.